The van der Waals surface area contributed by atoms with Crippen LogP contribution in [0.5, 0.6) is 0 Å². The minimum absolute atomic E-state index is 0.0197. The Bertz CT molecular complexity index is 1020. The van der Waals surface area contributed by atoms with Crippen molar-refractivity contribution in [2.45, 2.75) is 38.7 Å². The molecule has 0 aliphatic carbocycles. The van der Waals surface area contributed by atoms with Crippen molar-refractivity contribution in [2.75, 3.05) is 29.8 Å². The van der Waals surface area contributed by atoms with E-state index in [-0.39, 0.29) is 23.7 Å². The zero-order chi connectivity index (χ0) is 23.2. The first kappa shape index (κ1) is 24.6. The second-order valence-electron chi connectivity index (χ2n) is 7.83. The number of sulfonamides is 1. The number of aryl methyl sites for hydroxylation is 2. The van der Waals surface area contributed by atoms with Gasteiger partial charge in [0, 0.05) is 19.2 Å². The van der Waals surface area contributed by atoms with Crippen molar-refractivity contribution in [1.29, 1.82) is 0 Å². The molecule has 170 valence electrons. The van der Waals surface area contributed by atoms with Crippen LogP contribution >= 0.6 is 0 Å². The summed E-state index contributed by atoms with van der Waals surface area (Å²) in [6, 6.07) is 8.85. The minimum atomic E-state index is -4.02. The largest absolute Gasteiger partial charge is 0.389 e. The quantitative estimate of drug-likeness (QED) is 0.352. The summed E-state index contributed by atoms with van der Waals surface area (Å²) in [5.74, 6) is 0.327. The second kappa shape index (κ2) is 10.6. The molecule has 1 atom stereocenters. The summed E-state index contributed by atoms with van der Waals surface area (Å²) < 4.78 is 33.3. The third-order valence-electron chi connectivity index (χ3n) is 4.39. The molecule has 0 aliphatic rings. The zero-order valence-electron chi connectivity index (χ0n) is 18.1. The molecule has 0 fully saturated rings. The molecule has 9 nitrogen and oxygen atoms in total. The number of hydrogen-bond acceptors (Lipinski definition) is 7. The molecule has 2 rings (SSSR count). The van der Waals surface area contributed by atoms with Crippen molar-refractivity contribution in [3.8, 4) is 0 Å². The molecule has 3 N–H and O–H groups in total. The number of ether oxygens (including phenoxy) is 1. The number of nitro benzene ring substituents is 1. The Morgan fingerprint density at radius 1 is 1.10 bits per heavy atom. The molecule has 2 aromatic carbocycles. The molecule has 10 heteroatoms. The maximum absolute atomic E-state index is 12.8. The van der Waals surface area contributed by atoms with E-state index in [2.05, 4.69) is 10.0 Å². The van der Waals surface area contributed by atoms with E-state index >= 15 is 0 Å². The average molecular weight is 452 g/mol. The lowest BCUT2D eigenvalue weighted by atomic mass is 10.1. The molecule has 2 aromatic rings. The number of rotatable bonds is 11. The average Bonchev–Trinajstić information content (AvgIpc) is 2.68. The standard InChI is InChI=1S/C21H29N3O6S/c1-14(2)12-30-13-17(25)11-22-20-8-6-18(10-21(20)24(26)27)31(28,29)23-19-7-5-15(3)9-16(19)4/h5-10,14,17,22-23,25H,11-13H2,1-4H3/t17-/m1/s1. The molecule has 0 amide bonds. The first-order valence-corrected chi connectivity index (χ1v) is 11.4. The highest BCUT2D eigenvalue weighted by atomic mass is 32.2. The molecule has 0 heterocycles. The molecule has 0 aromatic heterocycles. The van der Waals surface area contributed by atoms with E-state index in [0.29, 0.717) is 18.2 Å². The monoisotopic (exact) mass is 451 g/mol. The van der Waals surface area contributed by atoms with Crippen LogP contribution in [0, 0.1) is 29.9 Å². The van der Waals surface area contributed by atoms with Crippen LogP contribution in [0.15, 0.2) is 41.3 Å². The fourth-order valence-corrected chi connectivity index (χ4v) is 3.99. The topological polar surface area (TPSA) is 131 Å². The van der Waals surface area contributed by atoms with Crippen molar-refractivity contribution < 1.29 is 23.2 Å². The minimum Gasteiger partial charge on any atom is -0.389 e. The van der Waals surface area contributed by atoms with Crippen LogP contribution in [-0.4, -0.2) is 44.3 Å². The van der Waals surface area contributed by atoms with E-state index in [1.165, 1.54) is 12.1 Å². The van der Waals surface area contributed by atoms with Gasteiger partial charge < -0.3 is 15.2 Å². The van der Waals surface area contributed by atoms with E-state index in [1.54, 1.807) is 19.1 Å². The van der Waals surface area contributed by atoms with Gasteiger partial charge in [-0.25, -0.2) is 8.42 Å². The Morgan fingerprint density at radius 3 is 2.39 bits per heavy atom. The first-order valence-electron chi connectivity index (χ1n) is 9.87. The van der Waals surface area contributed by atoms with E-state index in [9.17, 15) is 23.6 Å². The highest BCUT2D eigenvalue weighted by Crippen LogP contribution is 2.29. The van der Waals surface area contributed by atoms with Gasteiger partial charge in [-0.1, -0.05) is 31.5 Å². The Morgan fingerprint density at radius 2 is 1.77 bits per heavy atom. The summed E-state index contributed by atoms with van der Waals surface area (Å²) in [4.78, 5) is 10.6. The lowest BCUT2D eigenvalue weighted by Crippen LogP contribution is -2.26. The number of aliphatic hydroxyl groups excluding tert-OH is 1. The Balaban J connectivity index is 2.16. The molecule has 0 bridgehead atoms. The van der Waals surface area contributed by atoms with Gasteiger partial charge in [-0.15, -0.1) is 0 Å². The van der Waals surface area contributed by atoms with Gasteiger partial charge in [0.2, 0.25) is 0 Å². The fraction of sp³-hybridized carbons (Fsp3) is 0.429. The van der Waals surface area contributed by atoms with Crippen molar-refractivity contribution in [3.63, 3.8) is 0 Å². The van der Waals surface area contributed by atoms with Crippen LogP contribution in [0.1, 0.15) is 25.0 Å². The second-order valence-corrected chi connectivity index (χ2v) is 9.51. The SMILES string of the molecule is Cc1ccc(NS(=O)(=O)c2ccc(NC[C@@H](O)COCC(C)C)c([N+](=O)[O-])c2)c(C)c1. The number of anilines is 2. The molecule has 0 saturated heterocycles. The fourth-order valence-electron chi connectivity index (χ4n) is 2.84. The smallest absolute Gasteiger partial charge is 0.293 e. The molecule has 0 radical (unpaired) electrons. The molecule has 0 spiro atoms. The number of nitro groups is 1. The maximum atomic E-state index is 12.8. The normalized spacial score (nSPS) is 12.6. The van der Waals surface area contributed by atoms with Crippen LogP contribution in [0.3, 0.4) is 0 Å². The number of nitrogens with zero attached hydrogens (tertiary/aromatic N) is 1. The van der Waals surface area contributed by atoms with E-state index in [1.807, 2.05) is 26.8 Å². The summed E-state index contributed by atoms with van der Waals surface area (Å²) in [6.07, 6.45) is -0.868. The third-order valence-corrected chi connectivity index (χ3v) is 5.76. The van der Waals surface area contributed by atoms with Crippen LogP contribution in [-0.2, 0) is 14.8 Å². The number of aliphatic hydroxyl groups is 1. The van der Waals surface area contributed by atoms with E-state index < -0.39 is 26.7 Å². The van der Waals surface area contributed by atoms with Gasteiger partial charge in [0.15, 0.2) is 0 Å². The Labute approximate surface area is 182 Å². The lowest BCUT2D eigenvalue weighted by Gasteiger charge is -2.15. The summed E-state index contributed by atoms with van der Waals surface area (Å²) >= 11 is 0. The maximum Gasteiger partial charge on any atom is 0.293 e. The van der Waals surface area contributed by atoms with Crippen LogP contribution in [0.25, 0.3) is 0 Å². The zero-order valence-corrected chi connectivity index (χ0v) is 18.9. The number of nitrogens with one attached hydrogen (secondary N) is 2. The third kappa shape index (κ3) is 7.20. The molecule has 0 aliphatic heterocycles. The Hall–Kier alpha value is -2.69. The predicted octanol–water partition coefficient (Wildman–Crippen LogP) is 3.46. The summed E-state index contributed by atoms with van der Waals surface area (Å²) in [7, 11) is -4.02. The van der Waals surface area contributed by atoms with Crippen LogP contribution in [0.2, 0.25) is 0 Å². The van der Waals surface area contributed by atoms with Gasteiger partial charge in [-0.3, -0.25) is 14.8 Å². The van der Waals surface area contributed by atoms with Gasteiger partial charge in [-0.05, 0) is 43.5 Å². The lowest BCUT2D eigenvalue weighted by molar-refractivity contribution is -0.384. The first-order chi connectivity index (χ1) is 14.5. The van der Waals surface area contributed by atoms with Crippen LogP contribution < -0.4 is 10.0 Å². The van der Waals surface area contributed by atoms with Crippen molar-refractivity contribution in [1.82, 2.24) is 0 Å². The summed E-state index contributed by atoms with van der Waals surface area (Å²) in [5, 5.41) is 24.3. The van der Waals surface area contributed by atoms with Gasteiger partial charge in [0.1, 0.15) is 5.69 Å². The molecule has 0 saturated carbocycles. The highest BCUT2D eigenvalue weighted by molar-refractivity contribution is 7.92. The van der Waals surface area contributed by atoms with Crippen molar-refractivity contribution in [2.24, 2.45) is 5.92 Å². The number of hydrogen-bond donors (Lipinski definition) is 3. The van der Waals surface area contributed by atoms with Gasteiger partial charge in [0.25, 0.3) is 15.7 Å². The highest BCUT2D eigenvalue weighted by Gasteiger charge is 2.22. The molecular weight excluding hydrogens is 422 g/mol. The van der Waals surface area contributed by atoms with Gasteiger partial charge >= 0.3 is 0 Å². The van der Waals surface area contributed by atoms with E-state index in [0.717, 1.165) is 17.2 Å². The molecule has 31 heavy (non-hydrogen) atoms. The molecule has 0 unspecified atom stereocenters. The summed E-state index contributed by atoms with van der Waals surface area (Å²) in [6.45, 7) is 8.25. The van der Waals surface area contributed by atoms with Crippen molar-refractivity contribution in [3.05, 3.63) is 57.6 Å². The van der Waals surface area contributed by atoms with Gasteiger partial charge in [-0.2, -0.15) is 0 Å². The Kier molecular flexibility index (Phi) is 8.37. The number of benzene rings is 2. The van der Waals surface area contributed by atoms with E-state index in [4.69, 9.17) is 4.74 Å². The molecular formula is C21H29N3O6S. The van der Waals surface area contributed by atoms with Crippen molar-refractivity contribution >= 4 is 27.1 Å². The van der Waals surface area contributed by atoms with Crippen LogP contribution in [0.4, 0.5) is 17.1 Å². The predicted molar refractivity (Wildman–Crippen MR) is 120 cm³/mol. The van der Waals surface area contributed by atoms with Gasteiger partial charge in [0.05, 0.1) is 28.2 Å². The summed E-state index contributed by atoms with van der Waals surface area (Å²) in [5.41, 5.74) is 1.84.